The van der Waals surface area contributed by atoms with Gasteiger partial charge in [0.1, 0.15) is 17.5 Å². The first-order chi connectivity index (χ1) is 20.8. The first-order valence-corrected chi connectivity index (χ1v) is 15.4. The van der Waals surface area contributed by atoms with E-state index < -0.39 is 5.92 Å². The molecule has 4 aromatic rings. The largest absolute Gasteiger partial charge is 0.395 e. The van der Waals surface area contributed by atoms with Crippen molar-refractivity contribution < 1.29 is 18.6 Å². The van der Waals surface area contributed by atoms with Crippen LogP contribution in [-0.2, 0) is 11.3 Å². The van der Waals surface area contributed by atoms with Crippen LogP contribution in [0.2, 0.25) is 5.28 Å². The van der Waals surface area contributed by atoms with Crippen molar-refractivity contribution in [1.82, 2.24) is 19.5 Å². The first kappa shape index (κ1) is 29.7. The highest BCUT2D eigenvalue weighted by molar-refractivity contribution is 6.28. The summed E-state index contributed by atoms with van der Waals surface area (Å²) in [4.78, 5) is 18.6. The fraction of sp³-hybridized carbons (Fsp3) is 0.469. The number of aliphatic hydroxyl groups excluding tert-OH is 1. The number of rotatable bonds is 8. The van der Waals surface area contributed by atoms with Gasteiger partial charge in [0, 0.05) is 43.4 Å². The third kappa shape index (κ3) is 5.80. The van der Waals surface area contributed by atoms with Crippen molar-refractivity contribution in [3.05, 3.63) is 76.3 Å². The Morgan fingerprint density at radius 3 is 2.51 bits per heavy atom. The number of aryl methyl sites for hydroxylation is 1. The van der Waals surface area contributed by atoms with Crippen LogP contribution in [0.5, 0.6) is 0 Å². The van der Waals surface area contributed by atoms with E-state index in [1.54, 1.807) is 24.3 Å². The second-order valence-electron chi connectivity index (χ2n) is 11.6. The second-order valence-corrected chi connectivity index (χ2v) is 11.9. The zero-order chi connectivity index (χ0) is 30.2. The van der Waals surface area contributed by atoms with Crippen molar-refractivity contribution in [2.45, 2.75) is 70.7 Å². The second kappa shape index (κ2) is 12.3. The Labute approximate surface area is 255 Å². The molecule has 43 heavy (non-hydrogen) atoms. The fourth-order valence-corrected chi connectivity index (χ4v) is 6.76. The Kier molecular flexibility index (Phi) is 8.53. The molecule has 2 saturated heterocycles. The molecular weight excluding hydrogens is 574 g/mol. The molecule has 0 radical (unpaired) electrons. The summed E-state index contributed by atoms with van der Waals surface area (Å²) in [5, 5.41) is 10.6. The SMILES string of the molecule is CC[C@@H]1CN(c2nc(Cl)nc3c2nc(C)n3C[C@@H]2CCCO2)[C@@H](C)CN1c1cc(F)ccc1C(CO)c1ccc(F)cc1. The maximum atomic E-state index is 14.8. The Hall–Kier alpha value is -3.34. The molecule has 0 bridgehead atoms. The lowest BCUT2D eigenvalue weighted by molar-refractivity contribution is 0.0973. The maximum Gasteiger partial charge on any atom is 0.226 e. The number of benzene rings is 2. The predicted molar refractivity (Wildman–Crippen MR) is 164 cm³/mol. The number of anilines is 2. The van der Waals surface area contributed by atoms with Crippen molar-refractivity contribution >= 4 is 34.3 Å². The zero-order valence-electron chi connectivity index (χ0n) is 24.7. The van der Waals surface area contributed by atoms with E-state index in [9.17, 15) is 13.9 Å². The molecule has 6 rings (SSSR count). The monoisotopic (exact) mass is 610 g/mol. The molecule has 2 aromatic heterocycles. The standard InChI is InChI=1S/C32H37ClF2N6O2/c1-4-24-16-39(30-29-31(38-32(33)37-30)40(20(3)36-29)17-25-6-5-13-43-25)19(2)15-41(24)28-14-23(35)11-12-26(28)27(18-42)21-7-9-22(34)10-8-21/h7-12,14,19,24-25,27,42H,4-6,13,15-18H2,1-3H3/t19-,24+,25-,27?/m0/s1. The number of ether oxygens (including phenoxy) is 1. The molecule has 4 heterocycles. The van der Waals surface area contributed by atoms with Gasteiger partial charge in [0.05, 0.1) is 19.3 Å². The van der Waals surface area contributed by atoms with Gasteiger partial charge in [0.2, 0.25) is 5.28 Å². The molecule has 2 aliphatic rings. The van der Waals surface area contributed by atoms with Gasteiger partial charge in [0.25, 0.3) is 0 Å². The summed E-state index contributed by atoms with van der Waals surface area (Å²) in [5.41, 5.74) is 3.69. The van der Waals surface area contributed by atoms with E-state index in [0.29, 0.717) is 36.6 Å². The summed E-state index contributed by atoms with van der Waals surface area (Å²) in [7, 11) is 0. The summed E-state index contributed by atoms with van der Waals surface area (Å²) < 4.78 is 36.4. The highest BCUT2D eigenvalue weighted by atomic mass is 35.5. The number of fused-ring (bicyclic) bond motifs is 1. The van der Waals surface area contributed by atoms with E-state index >= 15 is 0 Å². The average Bonchev–Trinajstić information content (AvgIpc) is 3.62. The molecule has 8 nitrogen and oxygen atoms in total. The van der Waals surface area contributed by atoms with E-state index in [-0.39, 0.29) is 41.7 Å². The third-order valence-electron chi connectivity index (χ3n) is 8.87. The van der Waals surface area contributed by atoms with Gasteiger partial charge >= 0.3 is 0 Å². The summed E-state index contributed by atoms with van der Waals surface area (Å²) in [6.07, 6.45) is 2.96. The smallest absolute Gasteiger partial charge is 0.226 e. The van der Waals surface area contributed by atoms with Gasteiger partial charge in [-0.3, -0.25) is 0 Å². The number of hydrogen-bond acceptors (Lipinski definition) is 7. The summed E-state index contributed by atoms with van der Waals surface area (Å²) >= 11 is 6.52. The minimum Gasteiger partial charge on any atom is -0.395 e. The van der Waals surface area contributed by atoms with Crippen LogP contribution in [0, 0.1) is 18.6 Å². The lowest BCUT2D eigenvalue weighted by atomic mass is 9.89. The van der Waals surface area contributed by atoms with Gasteiger partial charge in [-0.15, -0.1) is 0 Å². The lowest BCUT2D eigenvalue weighted by Gasteiger charge is -2.47. The predicted octanol–water partition coefficient (Wildman–Crippen LogP) is 5.86. The van der Waals surface area contributed by atoms with Gasteiger partial charge < -0.3 is 24.2 Å². The number of halogens is 3. The molecule has 11 heteroatoms. The number of aliphatic hydroxyl groups is 1. The summed E-state index contributed by atoms with van der Waals surface area (Å²) in [6.45, 7) is 8.61. The number of piperazine rings is 1. The molecule has 0 spiro atoms. The van der Waals surface area contributed by atoms with Crippen LogP contribution in [0.15, 0.2) is 42.5 Å². The van der Waals surface area contributed by atoms with Crippen molar-refractivity contribution in [3.8, 4) is 0 Å². The normalized spacial score (nSPS) is 21.6. The molecule has 0 saturated carbocycles. The van der Waals surface area contributed by atoms with E-state index in [0.717, 1.165) is 48.5 Å². The van der Waals surface area contributed by atoms with Gasteiger partial charge in [-0.2, -0.15) is 9.97 Å². The lowest BCUT2D eigenvalue weighted by Crippen LogP contribution is -2.58. The molecule has 0 aliphatic carbocycles. The number of hydrogen-bond donors (Lipinski definition) is 1. The van der Waals surface area contributed by atoms with Crippen molar-refractivity contribution in [2.24, 2.45) is 0 Å². The molecule has 2 aliphatic heterocycles. The van der Waals surface area contributed by atoms with Gasteiger partial charge in [-0.1, -0.05) is 25.1 Å². The quantitative estimate of drug-likeness (QED) is 0.250. The van der Waals surface area contributed by atoms with E-state index in [1.165, 1.54) is 18.2 Å². The van der Waals surface area contributed by atoms with E-state index in [4.69, 9.17) is 21.3 Å². The van der Waals surface area contributed by atoms with E-state index in [1.807, 2.05) is 6.92 Å². The Morgan fingerprint density at radius 2 is 1.81 bits per heavy atom. The molecule has 0 amide bonds. The Balaban J connectivity index is 1.35. The highest BCUT2D eigenvalue weighted by Gasteiger charge is 2.36. The maximum absolute atomic E-state index is 14.8. The van der Waals surface area contributed by atoms with Crippen LogP contribution < -0.4 is 9.80 Å². The van der Waals surface area contributed by atoms with Crippen molar-refractivity contribution in [1.29, 1.82) is 0 Å². The van der Waals surface area contributed by atoms with Gasteiger partial charge in [0.15, 0.2) is 17.0 Å². The fourth-order valence-electron chi connectivity index (χ4n) is 6.60. The minimum absolute atomic E-state index is 0.00294. The van der Waals surface area contributed by atoms with Crippen LogP contribution in [0.25, 0.3) is 11.2 Å². The Morgan fingerprint density at radius 1 is 1.05 bits per heavy atom. The zero-order valence-corrected chi connectivity index (χ0v) is 25.4. The molecular formula is C32H37ClF2N6O2. The number of aromatic nitrogens is 4. The van der Waals surface area contributed by atoms with Crippen LogP contribution in [0.3, 0.4) is 0 Å². The molecule has 228 valence electrons. The van der Waals surface area contributed by atoms with Crippen molar-refractivity contribution in [3.63, 3.8) is 0 Å². The number of nitrogens with zero attached hydrogens (tertiary/aromatic N) is 6. The molecule has 2 fully saturated rings. The van der Waals surface area contributed by atoms with Crippen LogP contribution in [0.4, 0.5) is 20.3 Å². The molecule has 1 unspecified atom stereocenters. The topological polar surface area (TPSA) is 79.5 Å². The third-order valence-corrected chi connectivity index (χ3v) is 9.04. The summed E-state index contributed by atoms with van der Waals surface area (Å²) in [5.74, 6) is 0.395. The molecule has 2 aromatic carbocycles. The first-order valence-electron chi connectivity index (χ1n) is 15.0. The van der Waals surface area contributed by atoms with Gasteiger partial charge in [-0.05, 0) is 80.1 Å². The highest BCUT2D eigenvalue weighted by Crippen LogP contribution is 2.38. The van der Waals surface area contributed by atoms with Crippen molar-refractivity contribution in [2.75, 3.05) is 36.1 Å². The van der Waals surface area contributed by atoms with Crippen LogP contribution in [0.1, 0.15) is 56.0 Å². The molecule has 4 atom stereocenters. The Bertz CT molecular complexity index is 1590. The van der Waals surface area contributed by atoms with Crippen LogP contribution >= 0.6 is 11.6 Å². The van der Waals surface area contributed by atoms with Gasteiger partial charge in [-0.25, -0.2) is 13.8 Å². The summed E-state index contributed by atoms with van der Waals surface area (Å²) in [6, 6.07) is 10.8. The minimum atomic E-state index is -0.432. The van der Waals surface area contributed by atoms with Crippen LogP contribution in [-0.4, -0.2) is 69.1 Å². The van der Waals surface area contributed by atoms with E-state index in [2.05, 4.69) is 38.2 Å². The average molecular weight is 611 g/mol. The number of imidazole rings is 1. The molecule has 1 N–H and O–H groups in total.